The zero-order valence-corrected chi connectivity index (χ0v) is 20.0. The molecule has 0 saturated heterocycles. The molecule has 3 aromatic heterocycles. The SMILES string of the molecule is CCCCCn1c2c(c(=O)n3c(CCc4nc(Cc5ccccc5)no4)nnc13)CC(C1CC1)=N2. The summed E-state index contributed by atoms with van der Waals surface area (Å²) in [5.74, 6) is 3.73. The normalized spacial score (nSPS) is 15.1. The van der Waals surface area contributed by atoms with Crippen LogP contribution in [0.4, 0.5) is 5.82 Å². The van der Waals surface area contributed by atoms with Crippen LogP contribution in [0.25, 0.3) is 5.78 Å². The van der Waals surface area contributed by atoms with Gasteiger partial charge in [-0.25, -0.2) is 9.39 Å². The molecule has 35 heavy (non-hydrogen) atoms. The van der Waals surface area contributed by atoms with Crippen molar-refractivity contribution in [3.8, 4) is 0 Å². The van der Waals surface area contributed by atoms with E-state index in [1.807, 2.05) is 30.3 Å². The Hall–Kier alpha value is -3.62. The molecular formula is C26H29N7O2. The lowest BCUT2D eigenvalue weighted by Crippen LogP contribution is -2.24. The highest BCUT2D eigenvalue weighted by Crippen LogP contribution is 2.38. The maximum absolute atomic E-state index is 13.5. The van der Waals surface area contributed by atoms with Gasteiger partial charge >= 0.3 is 0 Å². The van der Waals surface area contributed by atoms with Crippen LogP contribution in [-0.2, 0) is 32.2 Å². The Morgan fingerprint density at radius 3 is 2.74 bits per heavy atom. The van der Waals surface area contributed by atoms with E-state index in [2.05, 4.69) is 31.8 Å². The van der Waals surface area contributed by atoms with Crippen LogP contribution in [0.3, 0.4) is 0 Å². The van der Waals surface area contributed by atoms with Gasteiger partial charge in [-0.05, 0) is 30.7 Å². The minimum Gasteiger partial charge on any atom is -0.339 e. The average molecular weight is 472 g/mol. The van der Waals surface area contributed by atoms with Crippen molar-refractivity contribution in [1.82, 2.24) is 29.3 Å². The molecule has 4 aromatic rings. The van der Waals surface area contributed by atoms with E-state index >= 15 is 0 Å². The third-order valence-corrected chi connectivity index (χ3v) is 6.86. The first-order chi connectivity index (χ1) is 17.2. The molecule has 9 nitrogen and oxygen atoms in total. The molecule has 0 atom stereocenters. The smallest absolute Gasteiger partial charge is 0.266 e. The summed E-state index contributed by atoms with van der Waals surface area (Å²) in [5.41, 5.74) is 3.02. The number of fused-ring (bicyclic) bond motifs is 2. The van der Waals surface area contributed by atoms with E-state index in [4.69, 9.17) is 9.52 Å². The highest BCUT2D eigenvalue weighted by Gasteiger charge is 2.34. The molecule has 1 aliphatic heterocycles. The monoisotopic (exact) mass is 471 g/mol. The predicted octanol–water partition coefficient (Wildman–Crippen LogP) is 3.88. The van der Waals surface area contributed by atoms with E-state index in [-0.39, 0.29) is 5.56 Å². The maximum atomic E-state index is 13.5. The molecular weight excluding hydrogens is 442 g/mol. The van der Waals surface area contributed by atoms with Crippen LogP contribution in [0.5, 0.6) is 0 Å². The number of benzene rings is 1. The molecule has 0 N–H and O–H groups in total. The van der Waals surface area contributed by atoms with Crippen molar-refractivity contribution in [2.45, 2.75) is 71.3 Å². The molecule has 180 valence electrons. The Labute approximate surface area is 202 Å². The van der Waals surface area contributed by atoms with E-state index in [0.29, 0.717) is 54.9 Å². The number of hydrogen-bond acceptors (Lipinski definition) is 7. The van der Waals surface area contributed by atoms with Crippen LogP contribution in [0.15, 0.2) is 44.6 Å². The van der Waals surface area contributed by atoms with Crippen molar-refractivity contribution in [3.05, 3.63) is 69.4 Å². The topological polar surface area (TPSA) is 103 Å². The molecule has 6 rings (SSSR count). The average Bonchev–Trinajstić information content (AvgIpc) is 3.26. The Bertz CT molecular complexity index is 1440. The maximum Gasteiger partial charge on any atom is 0.266 e. The summed E-state index contributed by atoms with van der Waals surface area (Å²) in [5, 5.41) is 12.9. The van der Waals surface area contributed by atoms with Gasteiger partial charge in [-0.15, -0.1) is 10.2 Å². The van der Waals surface area contributed by atoms with Crippen LogP contribution in [0.2, 0.25) is 0 Å². The zero-order valence-electron chi connectivity index (χ0n) is 20.0. The first-order valence-electron chi connectivity index (χ1n) is 12.6. The third-order valence-electron chi connectivity index (χ3n) is 6.86. The van der Waals surface area contributed by atoms with E-state index in [1.54, 1.807) is 4.40 Å². The second-order valence-corrected chi connectivity index (χ2v) is 9.54. The van der Waals surface area contributed by atoms with Gasteiger partial charge in [-0.1, -0.05) is 55.3 Å². The highest BCUT2D eigenvalue weighted by molar-refractivity contribution is 5.96. The van der Waals surface area contributed by atoms with Crippen molar-refractivity contribution in [2.24, 2.45) is 10.9 Å². The van der Waals surface area contributed by atoms with Crippen LogP contribution in [0.1, 0.15) is 67.7 Å². The predicted molar refractivity (Wildman–Crippen MR) is 131 cm³/mol. The minimum atomic E-state index is -0.0450. The molecule has 1 fully saturated rings. The number of nitrogens with zero attached hydrogens (tertiary/aromatic N) is 7. The second-order valence-electron chi connectivity index (χ2n) is 9.54. The van der Waals surface area contributed by atoms with E-state index in [0.717, 1.165) is 48.5 Å². The molecule has 0 radical (unpaired) electrons. The molecule has 0 amide bonds. The molecule has 1 aliphatic carbocycles. The quantitative estimate of drug-likeness (QED) is 0.325. The fourth-order valence-corrected chi connectivity index (χ4v) is 4.82. The Morgan fingerprint density at radius 1 is 1.09 bits per heavy atom. The third kappa shape index (κ3) is 4.31. The fraction of sp³-hybridized carbons (Fsp3) is 0.462. The molecule has 9 heteroatoms. The minimum absolute atomic E-state index is 0.0450. The van der Waals surface area contributed by atoms with E-state index < -0.39 is 0 Å². The van der Waals surface area contributed by atoms with Crippen LogP contribution >= 0.6 is 0 Å². The van der Waals surface area contributed by atoms with Crippen LogP contribution < -0.4 is 5.56 Å². The van der Waals surface area contributed by atoms with Gasteiger partial charge in [0.2, 0.25) is 11.7 Å². The molecule has 1 aromatic carbocycles. The number of aliphatic imine (C=N–C) groups is 1. The van der Waals surface area contributed by atoms with Gasteiger partial charge in [0.1, 0.15) is 11.6 Å². The Morgan fingerprint density at radius 2 is 1.94 bits per heavy atom. The molecule has 1 saturated carbocycles. The summed E-state index contributed by atoms with van der Waals surface area (Å²) < 4.78 is 9.25. The van der Waals surface area contributed by atoms with Gasteiger partial charge in [-0.3, -0.25) is 9.36 Å². The summed E-state index contributed by atoms with van der Waals surface area (Å²) in [4.78, 5) is 23.0. The van der Waals surface area contributed by atoms with Crippen molar-refractivity contribution < 1.29 is 4.52 Å². The van der Waals surface area contributed by atoms with Gasteiger partial charge in [0.05, 0.1) is 5.56 Å². The van der Waals surface area contributed by atoms with Crippen molar-refractivity contribution >= 4 is 17.3 Å². The number of aryl methyl sites for hydroxylation is 3. The number of hydrogen-bond donors (Lipinski definition) is 0. The van der Waals surface area contributed by atoms with Crippen molar-refractivity contribution in [3.63, 3.8) is 0 Å². The number of unbranched alkanes of at least 4 members (excludes halogenated alkanes) is 2. The summed E-state index contributed by atoms with van der Waals surface area (Å²) in [6.45, 7) is 2.97. The summed E-state index contributed by atoms with van der Waals surface area (Å²) >= 11 is 0. The van der Waals surface area contributed by atoms with Crippen LogP contribution in [0, 0.1) is 5.92 Å². The Balaban J connectivity index is 1.26. The van der Waals surface area contributed by atoms with Gasteiger partial charge < -0.3 is 4.52 Å². The summed E-state index contributed by atoms with van der Waals surface area (Å²) in [7, 11) is 0. The highest BCUT2D eigenvalue weighted by atomic mass is 16.5. The molecule has 0 spiro atoms. The van der Waals surface area contributed by atoms with Gasteiger partial charge in [0, 0.05) is 37.9 Å². The van der Waals surface area contributed by atoms with Crippen molar-refractivity contribution in [1.29, 1.82) is 0 Å². The summed E-state index contributed by atoms with van der Waals surface area (Å²) in [6.07, 6.45) is 7.88. The summed E-state index contributed by atoms with van der Waals surface area (Å²) in [6, 6.07) is 10.1. The Kier molecular flexibility index (Phi) is 5.75. The molecule has 4 heterocycles. The second kappa shape index (κ2) is 9.20. The lowest BCUT2D eigenvalue weighted by molar-refractivity contribution is 0.373. The number of rotatable bonds is 10. The first-order valence-corrected chi connectivity index (χ1v) is 12.6. The van der Waals surface area contributed by atoms with Gasteiger partial charge in [0.25, 0.3) is 5.56 Å². The van der Waals surface area contributed by atoms with Crippen LogP contribution in [-0.4, -0.2) is 35.0 Å². The molecule has 2 aliphatic rings. The molecule has 0 unspecified atom stereocenters. The fourth-order valence-electron chi connectivity index (χ4n) is 4.82. The molecule has 0 bridgehead atoms. The standard InChI is InChI=1S/C26H29N7O2/c1-2-3-7-14-32-24-19(16-20(27-24)18-10-11-18)25(34)33-22(29-30-26(32)33)12-13-23-28-21(31-35-23)15-17-8-5-4-6-9-17/h4-6,8-9,18H,2-3,7,10-16H2,1H3. The van der Waals surface area contributed by atoms with Gasteiger partial charge in [-0.2, -0.15) is 4.98 Å². The largest absolute Gasteiger partial charge is 0.339 e. The van der Waals surface area contributed by atoms with Crippen molar-refractivity contribution in [2.75, 3.05) is 0 Å². The number of aromatic nitrogens is 6. The zero-order chi connectivity index (χ0) is 23.8. The van der Waals surface area contributed by atoms with E-state index in [9.17, 15) is 4.79 Å². The first kappa shape index (κ1) is 21.9. The lowest BCUT2D eigenvalue weighted by atomic mass is 10.1. The van der Waals surface area contributed by atoms with Gasteiger partial charge in [0.15, 0.2) is 5.82 Å². The lowest BCUT2D eigenvalue weighted by Gasteiger charge is -2.12. The van der Waals surface area contributed by atoms with E-state index in [1.165, 1.54) is 12.8 Å².